The Morgan fingerprint density at radius 3 is 2.90 bits per heavy atom. The van der Waals surface area contributed by atoms with Crippen LogP contribution >= 0.6 is 11.6 Å². The number of hydrogen-bond donors (Lipinski definition) is 0. The molecule has 2 aromatic heterocycles. The van der Waals surface area contributed by atoms with Crippen molar-refractivity contribution in [2.75, 3.05) is 13.2 Å². The van der Waals surface area contributed by atoms with Crippen LogP contribution in [0.25, 0.3) is 0 Å². The van der Waals surface area contributed by atoms with Crippen molar-refractivity contribution in [1.29, 1.82) is 0 Å². The zero-order chi connectivity index (χ0) is 14.8. The van der Waals surface area contributed by atoms with Crippen molar-refractivity contribution in [3.8, 4) is 5.88 Å². The minimum absolute atomic E-state index is 0.610. The van der Waals surface area contributed by atoms with Gasteiger partial charge >= 0.3 is 0 Å². The lowest BCUT2D eigenvalue weighted by atomic mass is 10.1. The maximum Gasteiger partial charge on any atom is 0.221 e. The number of rotatable bonds is 4. The minimum atomic E-state index is 0.610. The monoisotopic (exact) mass is 307 g/mol. The Balaban J connectivity index is 1.79. The van der Waals surface area contributed by atoms with Gasteiger partial charge in [-0.1, -0.05) is 11.6 Å². The fourth-order valence-electron chi connectivity index (χ4n) is 2.54. The normalized spacial score (nSPS) is 15.0. The second-order valence-corrected chi connectivity index (χ2v) is 5.44. The minimum Gasteiger partial charge on any atom is -0.478 e. The first-order valence-corrected chi connectivity index (χ1v) is 7.40. The summed E-state index contributed by atoms with van der Waals surface area (Å²) in [7, 11) is 1.93. The highest BCUT2D eigenvalue weighted by Crippen LogP contribution is 2.25. The van der Waals surface area contributed by atoms with Gasteiger partial charge < -0.3 is 9.30 Å². The number of ether oxygens (including phenoxy) is 1. The highest BCUT2D eigenvalue weighted by molar-refractivity contribution is 6.29. The van der Waals surface area contributed by atoms with Crippen molar-refractivity contribution < 1.29 is 4.74 Å². The fourth-order valence-corrected chi connectivity index (χ4v) is 2.68. The molecule has 0 spiro atoms. The van der Waals surface area contributed by atoms with E-state index < -0.39 is 0 Å². The van der Waals surface area contributed by atoms with Crippen LogP contribution < -0.4 is 4.74 Å². The summed E-state index contributed by atoms with van der Waals surface area (Å²) < 4.78 is 7.52. The van der Waals surface area contributed by atoms with Gasteiger partial charge in [0.1, 0.15) is 17.3 Å². The average molecular weight is 308 g/mol. The molecule has 7 heteroatoms. The molecule has 21 heavy (non-hydrogen) atoms. The third-order valence-corrected chi connectivity index (χ3v) is 4.07. The SMILES string of the molecule is CCOc1ncnc2c1CN(Cc1ncc(Cl)n1C)CC2. The van der Waals surface area contributed by atoms with Crippen LogP contribution in [0, 0.1) is 0 Å². The lowest BCUT2D eigenvalue weighted by Gasteiger charge is -2.28. The van der Waals surface area contributed by atoms with Crippen LogP contribution in [0.4, 0.5) is 0 Å². The molecule has 1 aliphatic rings. The van der Waals surface area contributed by atoms with Gasteiger partial charge in [0.2, 0.25) is 5.88 Å². The first-order chi connectivity index (χ1) is 10.2. The third kappa shape index (κ3) is 2.87. The molecule has 0 bridgehead atoms. The predicted molar refractivity (Wildman–Crippen MR) is 79.2 cm³/mol. The van der Waals surface area contributed by atoms with E-state index >= 15 is 0 Å². The Labute approximate surface area is 128 Å². The molecule has 1 aliphatic heterocycles. The lowest BCUT2D eigenvalue weighted by Crippen LogP contribution is -2.32. The van der Waals surface area contributed by atoms with Crippen molar-refractivity contribution >= 4 is 11.6 Å². The van der Waals surface area contributed by atoms with Crippen molar-refractivity contribution in [3.63, 3.8) is 0 Å². The Kier molecular flexibility index (Phi) is 4.07. The molecule has 0 saturated carbocycles. The highest BCUT2D eigenvalue weighted by atomic mass is 35.5. The molecule has 3 rings (SSSR count). The quantitative estimate of drug-likeness (QED) is 0.862. The van der Waals surface area contributed by atoms with Gasteiger partial charge in [0.05, 0.1) is 25.0 Å². The summed E-state index contributed by atoms with van der Waals surface area (Å²) in [6.07, 6.45) is 4.16. The van der Waals surface area contributed by atoms with Crippen molar-refractivity contribution in [2.45, 2.75) is 26.4 Å². The van der Waals surface area contributed by atoms with E-state index in [1.54, 1.807) is 12.5 Å². The van der Waals surface area contributed by atoms with Crippen molar-refractivity contribution in [2.24, 2.45) is 7.05 Å². The summed E-state index contributed by atoms with van der Waals surface area (Å²) in [4.78, 5) is 15.3. The standard InChI is InChI=1S/C14H18ClN5O/c1-3-21-14-10-7-20(5-4-11(10)17-9-18-14)8-13-16-6-12(15)19(13)2/h6,9H,3-5,7-8H2,1-2H3. The Morgan fingerprint density at radius 1 is 1.33 bits per heavy atom. The van der Waals surface area contributed by atoms with Crippen LogP contribution in [-0.4, -0.2) is 37.6 Å². The summed E-state index contributed by atoms with van der Waals surface area (Å²) >= 11 is 6.04. The van der Waals surface area contributed by atoms with Crippen LogP contribution in [0.2, 0.25) is 5.15 Å². The van der Waals surface area contributed by atoms with Crippen LogP contribution in [-0.2, 0) is 26.6 Å². The van der Waals surface area contributed by atoms with E-state index in [2.05, 4.69) is 19.9 Å². The Bertz CT molecular complexity index is 642. The van der Waals surface area contributed by atoms with Crippen LogP contribution in [0.5, 0.6) is 5.88 Å². The summed E-state index contributed by atoms with van der Waals surface area (Å²) in [5.74, 6) is 1.66. The molecule has 0 atom stereocenters. The van der Waals surface area contributed by atoms with E-state index in [1.807, 2.05) is 18.5 Å². The zero-order valence-corrected chi connectivity index (χ0v) is 13.0. The van der Waals surface area contributed by atoms with E-state index in [1.165, 1.54) is 0 Å². The second kappa shape index (κ2) is 5.99. The fraction of sp³-hybridized carbons (Fsp3) is 0.500. The molecule has 0 N–H and O–H groups in total. The lowest BCUT2D eigenvalue weighted by molar-refractivity contribution is 0.224. The van der Waals surface area contributed by atoms with E-state index in [0.717, 1.165) is 43.1 Å². The van der Waals surface area contributed by atoms with E-state index in [9.17, 15) is 0 Å². The molecule has 112 valence electrons. The number of hydrogen-bond acceptors (Lipinski definition) is 5. The van der Waals surface area contributed by atoms with Crippen LogP contribution in [0.1, 0.15) is 24.0 Å². The molecule has 0 aliphatic carbocycles. The first-order valence-electron chi connectivity index (χ1n) is 7.03. The Morgan fingerprint density at radius 2 is 2.19 bits per heavy atom. The van der Waals surface area contributed by atoms with E-state index in [-0.39, 0.29) is 0 Å². The van der Waals surface area contributed by atoms with Gasteiger partial charge in [-0.2, -0.15) is 0 Å². The number of nitrogens with zero attached hydrogens (tertiary/aromatic N) is 5. The molecule has 0 unspecified atom stereocenters. The predicted octanol–water partition coefficient (Wildman–Crippen LogP) is 1.82. The van der Waals surface area contributed by atoms with Crippen LogP contribution in [0.3, 0.4) is 0 Å². The average Bonchev–Trinajstić information content (AvgIpc) is 2.80. The summed E-state index contributed by atoms with van der Waals surface area (Å²) in [5.41, 5.74) is 2.17. The van der Waals surface area contributed by atoms with Gasteiger partial charge in [-0.15, -0.1) is 0 Å². The molecule has 0 saturated heterocycles. The van der Waals surface area contributed by atoms with Gasteiger partial charge in [-0.05, 0) is 6.92 Å². The number of imidazole rings is 1. The van der Waals surface area contributed by atoms with Crippen molar-refractivity contribution in [3.05, 3.63) is 34.8 Å². The maximum atomic E-state index is 6.04. The van der Waals surface area contributed by atoms with Gasteiger partial charge in [0, 0.05) is 32.1 Å². The smallest absolute Gasteiger partial charge is 0.221 e. The number of fused-ring (bicyclic) bond motifs is 1. The molecule has 6 nitrogen and oxygen atoms in total. The molecular formula is C14H18ClN5O. The van der Waals surface area contributed by atoms with Gasteiger partial charge in [-0.25, -0.2) is 15.0 Å². The molecule has 0 amide bonds. The van der Waals surface area contributed by atoms with E-state index in [0.29, 0.717) is 17.6 Å². The van der Waals surface area contributed by atoms with Crippen molar-refractivity contribution in [1.82, 2.24) is 24.4 Å². The molecule has 0 radical (unpaired) electrons. The summed E-state index contributed by atoms with van der Waals surface area (Å²) in [6.45, 7) is 5.04. The molecule has 0 aromatic carbocycles. The highest BCUT2D eigenvalue weighted by Gasteiger charge is 2.23. The zero-order valence-electron chi connectivity index (χ0n) is 12.2. The molecule has 2 aromatic rings. The Hall–Kier alpha value is -1.66. The maximum absolute atomic E-state index is 6.04. The number of aromatic nitrogens is 4. The summed E-state index contributed by atoms with van der Waals surface area (Å²) in [5, 5.41) is 0.653. The van der Waals surface area contributed by atoms with Gasteiger partial charge in [-0.3, -0.25) is 4.90 Å². The van der Waals surface area contributed by atoms with Gasteiger partial charge in [0.15, 0.2) is 0 Å². The topological polar surface area (TPSA) is 56.1 Å². The van der Waals surface area contributed by atoms with Gasteiger partial charge in [0.25, 0.3) is 0 Å². The molecule has 3 heterocycles. The van der Waals surface area contributed by atoms with Crippen LogP contribution in [0.15, 0.2) is 12.5 Å². The second-order valence-electron chi connectivity index (χ2n) is 5.05. The summed E-state index contributed by atoms with van der Waals surface area (Å²) in [6, 6.07) is 0. The largest absolute Gasteiger partial charge is 0.478 e. The third-order valence-electron chi connectivity index (χ3n) is 3.72. The first kappa shape index (κ1) is 14.3. The van der Waals surface area contributed by atoms with E-state index in [4.69, 9.17) is 16.3 Å². The molecular weight excluding hydrogens is 290 g/mol. The number of halogens is 1. The molecule has 0 fully saturated rings.